The van der Waals surface area contributed by atoms with Crippen LogP contribution in [-0.4, -0.2) is 12.0 Å². The fraction of sp³-hybridized carbons (Fsp3) is 0.900. The van der Waals surface area contributed by atoms with Crippen LogP contribution in [0.4, 0.5) is 4.39 Å². The summed E-state index contributed by atoms with van der Waals surface area (Å²) >= 11 is 0. The predicted molar refractivity (Wildman–Crippen MR) is 46.8 cm³/mol. The van der Waals surface area contributed by atoms with Gasteiger partial charge < -0.3 is 0 Å². The van der Waals surface area contributed by atoms with Gasteiger partial charge in [-0.15, -0.1) is 0 Å². The molecule has 0 radical (unpaired) electrons. The first-order valence-electron chi connectivity index (χ1n) is 4.89. The number of carbonyl (C=O) groups excluding carboxylic acids is 1. The molecule has 0 aromatic heterocycles. The van der Waals surface area contributed by atoms with Crippen molar-refractivity contribution in [3.05, 3.63) is 0 Å². The highest BCUT2D eigenvalue weighted by Crippen LogP contribution is 2.28. The Bertz CT molecular complexity index is 156. The molecule has 1 saturated carbocycles. The molecule has 0 N–H and O–H groups in total. The number of hydrogen-bond donors (Lipinski definition) is 0. The maximum atomic E-state index is 13.2. The lowest BCUT2D eigenvalue weighted by molar-refractivity contribution is -0.123. The molecule has 2 heteroatoms. The first kappa shape index (κ1) is 9.69. The van der Waals surface area contributed by atoms with E-state index < -0.39 is 6.17 Å². The summed E-state index contributed by atoms with van der Waals surface area (Å²) in [5, 5.41) is 0. The average Bonchev–Trinajstić information content (AvgIpc) is 2.03. The van der Waals surface area contributed by atoms with Gasteiger partial charge in [0.2, 0.25) is 0 Å². The number of alkyl halides is 1. The Morgan fingerprint density at radius 2 is 2.33 bits per heavy atom. The van der Waals surface area contributed by atoms with E-state index in [-0.39, 0.29) is 18.1 Å². The topological polar surface area (TPSA) is 17.1 Å². The van der Waals surface area contributed by atoms with Gasteiger partial charge >= 0.3 is 0 Å². The van der Waals surface area contributed by atoms with E-state index in [0.717, 1.165) is 25.7 Å². The Morgan fingerprint density at radius 1 is 1.58 bits per heavy atom. The van der Waals surface area contributed by atoms with Crippen molar-refractivity contribution in [2.24, 2.45) is 5.92 Å². The second kappa shape index (κ2) is 4.58. The molecule has 1 nitrogen and oxygen atoms in total. The molecule has 0 aromatic carbocycles. The number of carbonyl (C=O) groups is 1. The van der Waals surface area contributed by atoms with Gasteiger partial charge in [-0.2, -0.15) is 0 Å². The average molecular weight is 172 g/mol. The maximum Gasteiger partial charge on any atom is 0.135 e. The van der Waals surface area contributed by atoms with Crippen LogP contribution in [0.3, 0.4) is 0 Å². The Kier molecular flexibility index (Phi) is 3.70. The van der Waals surface area contributed by atoms with E-state index in [2.05, 4.69) is 6.92 Å². The summed E-state index contributed by atoms with van der Waals surface area (Å²) in [4.78, 5) is 10.9. The van der Waals surface area contributed by atoms with Crippen LogP contribution in [-0.2, 0) is 4.79 Å². The lowest BCUT2D eigenvalue weighted by Gasteiger charge is -2.24. The summed E-state index contributed by atoms with van der Waals surface area (Å²) in [5.74, 6) is 0.276. The zero-order chi connectivity index (χ0) is 8.97. The van der Waals surface area contributed by atoms with Gasteiger partial charge in [-0.1, -0.05) is 19.8 Å². The normalized spacial score (nSPS) is 30.7. The van der Waals surface area contributed by atoms with E-state index in [9.17, 15) is 9.18 Å². The van der Waals surface area contributed by atoms with E-state index in [4.69, 9.17) is 0 Å². The first-order valence-corrected chi connectivity index (χ1v) is 4.89. The minimum Gasteiger partial charge on any atom is -0.300 e. The Balaban J connectivity index is 2.29. The van der Waals surface area contributed by atoms with Crippen LogP contribution >= 0.6 is 0 Å². The van der Waals surface area contributed by atoms with Gasteiger partial charge in [-0.25, -0.2) is 4.39 Å². The summed E-state index contributed by atoms with van der Waals surface area (Å²) in [6.45, 7) is 2.11. The molecule has 1 aliphatic rings. The summed E-state index contributed by atoms with van der Waals surface area (Å²) in [7, 11) is 0. The molecular weight excluding hydrogens is 155 g/mol. The maximum absolute atomic E-state index is 13.2. The largest absolute Gasteiger partial charge is 0.300 e. The number of ketones is 1. The molecule has 0 spiro atoms. The van der Waals surface area contributed by atoms with Crippen molar-refractivity contribution in [3.63, 3.8) is 0 Å². The molecule has 12 heavy (non-hydrogen) atoms. The smallest absolute Gasteiger partial charge is 0.135 e. The monoisotopic (exact) mass is 172 g/mol. The number of hydrogen-bond acceptors (Lipinski definition) is 1. The highest BCUT2D eigenvalue weighted by Gasteiger charge is 2.28. The first-order chi connectivity index (χ1) is 5.74. The predicted octanol–water partition coefficient (Wildman–Crippen LogP) is 2.88. The summed E-state index contributed by atoms with van der Waals surface area (Å²) in [6, 6.07) is 0. The van der Waals surface area contributed by atoms with Crippen LogP contribution in [0, 0.1) is 5.92 Å². The molecule has 0 bridgehead atoms. The second-order valence-electron chi connectivity index (χ2n) is 3.70. The third-order valence-corrected chi connectivity index (χ3v) is 2.66. The standard InChI is InChI=1S/C10H17FO/c1-2-3-4-8-5-6-9(12)7-10(8)11/h8,10H,2-7H2,1H3. The quantitative estimate of drug-likeness (QED) is 0.639. The van der Waals surface area contributed by atoms with E-state index in [1.54, 1.807) is 0 Å². The summed E-state index contributed by atoms with van der Waals surface area (Å²) < 4.78 is 13.2. The number of unbranched alkanes of at least 4 members (excludes halogenated alkanes) is 1. The molecule has 2 atom stereocenters. The molecule has 1 aliphatic carbocycles. The van der Waals surface area contributed by atoms with Crippen molar-refractivity contribution in [2.45, 2.75) is 51.6 Å². The minimum absolute atomic E-state index is 0.107. The molecule has 2 unspecified atom stereocenters. The van der Waals surface area contributed by atoms with Gasteiger partial charge in [0.05, 0.1) is 0 Å². The highest BCUT2D eigenvalue weighted by atomic mass is 19.1. The van der Waals surface area contributed by atoms with E-state index in [0.29, 0.717) is 6.42 Å². The third-order valence-electron chi connectivity index (χ3n) is 2.66. The van der Waals surface area contributed by atoms with Crippen LogP contribution in [0.15, 0.2) is 0 Å². The molecule has 0 saturated heterocycles. The van der Waals surface area contributed by atoms with Gasteiger partial charge in [-0.05, 0) is 18.8 Å². The number of Topliss-reactive ketones (excluding diaryl/α,β-unsaturated/α-hetero) is 1. The fourth-order valence-corrected chi connectivity index (χ4v) is 1.80. The van der Waals surface area contributed by atoms with Gasteiger partial charge in [0.15, 0.2) is 0 Å². The molecule has 1 fully saturated rings. The van der Waals surface area contributed by atoms with E-state index in [1.807, 2.05) is 0 Å². The summed E-state index contributed by atoms with van der Waals surface area (Å²) in [5.41, 5.74) is 0. The van der Waals surface area contributed by atoms with E-state index >= 15 is 0 Å². The number of halogens is 1. The molecule has 1 rings (SSSR count). The number of rotatable bonds is 3. The second-order valence-corrected chi connectivity index (χ2v) is 3.70. The van der Waals surface area contributed by atoms with Gasteiger partial charge in [0.1, 0.15) is 12.0 Å². The molecule has 0 amide bonds. The zero-order valence-corrected chi connectivity index (χ0v) is 7.68. The van der Waals surface area contributed by atoms with Gasteiger partial charge in [0.25, 0.3) is 0 Å². The zero-order valence-electron chi connectivity index (χ0n) is 7.68. The van der Waals surface area contributed by atoms with Crippen molar-refractivity contribution in [3.8, 4) is 0 Å². The molecule has 70 valence electrons. The van der Waals surface area contributed by atoms with Crippen molar-refractivity contribution in [2.75, 3.05) is 0 Å². The van der Waals surface area contributed by atoms with Crippen molar-refractivity contribution >= 4 is 5.78 Å². The van der Waals surface area contributed by atoms with Crippen LogP contribution in [0.25, 0.3) is 0 Å². The fourth-order valence-electron chi connectivity index (χ4n) is 1.80. The lowest BCUT2D eigenvalue weighted by Crippen LogP contribution is -2.26. The van der Waals surface area contributed by atoms with Crippen LogP contribution in [0.2, 0.25) is 0 Å². The van der Waals surface area contributed by atoms with Crippen LogP contribution < -0.4 is 0 Å². The van der Waals surface area contributed by atoms with Gasteiger partial charge in [-0.3, -0.25) is 4.79 Å². The molecule has 0 aromatic rings. The molecular formula is C10H17FO. The molecule has 0 heterocycles. The molecule has 0 aliphatic heterocycles. The minimum atomic E-state index is -0.849. The Labute approximate surface area is 73.3 Å². The van der Waals surface area contributed by atoms with Crippen LogP contribution in [0.1, 0.15) is 45.4 Å². The van der Waals surface area contributed by atoms with Crippen molar-refractivity contribution in [1.82, 2.24) is 0 Å². The Hall–Kier alpha value is -0.400. The Morgan fingerprint density at radius 3 is 2.92 bits per heavy atom. The summed E-state index contributed by atoms with van der Waals surface area (Å²) in [6.07, 6.45) is 3.89. The van der Waals surface area contributed by atoms with Crippen LogP contribution in [0.5, 0.6) is 0 Å². The van der Waals surface area contributed by atoms with Crippen molar-refractivity contribution in [1.29, 1.82) is 0 Å². The van der Waals surface area contributed by atoms with Gasteiger partial charge in [0, 0.05) is 12.8 Å². The highest BCUT2D eigenvalue weighted by molar-refractivity contribution is 5.79. The van der Waals surface area contributed by atoms with Crippen molar-refractivity contribution < 1.29 is 9.18 Å². The lowest BCUT2D eigenvalue weighted by atomic mass is 9.83. The third kappa shape index (κ3) is 2.58. The SMILES string of the molecule is CCCCC1CCC(=O)CC1F. The van der Waals surface area contributed by atoms with E-state index in [1.165, 1.54) is 0 Å².